The van der Waals surface area contributed by atoms with Gasteiger partial charge in [0.2, 0.25) is 0 Å². The van der Waals surface area contributed by atoms with E-state index in [1.165, 1.54) is 19.3 Å². The third-order valence-electron chi connectivity index (χ3n) is 5.50. The predicted octanol–water partition coefficient (Wildman–Crippen LogP) is 6.14. The van der Waals surface area contributed by atoms with Crippen LogP contribution in [0.25, 0.3) is 11.4 Å². The fraction of sp³-hybridized carbons (Fsp3) is 0.520. The smallest absolute Gasteiger partial charge is 0.331 e. The van der Waals surface area contributed by atoms with Crippen molar-refractivity contribution in [2.24, 2.45) is 11.3 Å². The maximum absolute atomic E-state index is 12.6. The number of rotatable bonds is 11. The van der Waals surface area contributed by atoms with E-state index in [9.17, 15) is 10.1 Å². The van der Waals surface area contributed by atoms with Crippen molar-refractivity contribution < 1.29 is 9.53 Å². The van der Waals surface area contributed by atoms with E-state index in [2.05, 4.69) is 23.0 Å². The zero-order valence-electron chi connectivity index (χ0n) is 18.6. The molecular formula is C25H33N3O2. The average Bonchev–Trinajstić information content (AvgIpc) is 2.77. The molecule has 2 rings (SSSR count). The van der Waals surface area contributed by atoms with Gasteiger partial charge in [0.05, 0.1) is 6.07 Å². The van der Waals surface area contributed by atoms with Crippen molar-refractivity contribution >= 4 is 5.97 Å². The summed E-state index contributed by atoms with van der Waals surface area (Å²) in [4.78, 5) is 21.5. The molecule has 0 saturated heterocycles. The summed E-state index contributed by atoms with van der Waals surface area (Å²) >= 11 is 0. The van der Waals surface area contributed by atoms with Gasteiger partial charge in [0.1, 0.15) is 5.75 Å². The molecule has 0 amide bonds. The Balaban J connectivity index is 1.99. The maximum atomic E-state index is 12.6. The van der Waals surface area contributed by atoms with Crippen LogP contribution in [0.4, 0.5) is 0 Å². The SMILES string of the molecule is CCCCCCc1cnc(-c2ccc(OC(=O)C(C)(C#N)CC(C)CC)cc2)nc1. The molecule has 0 saturated carbocycles. The van der Waals surface area contributed by atoms with Crippen molar-refractivity contribution in [2.75, 3.05) is 0 Å². The molecule has 160 valence electrons. The highest BCUT2D eigenvalue weighted by molar-refractivity contribution is 5.81. The van der Waals surface area contributed by atoms with Crippen molar-refractivity contribution in [1.82, 2.24) is 9.97 Å². The summed E-state index contributed by atoms with van der Waals surface area (Å²) in [5.74, 6) is 0.823. The molecule has 0 aliphatic heterocycles. The summed E-state index contributed by atoms with van der Waals surface area (Å²) < 4.78 is 5.49. The van der Waals surface area contributed by atoms with Crippen molar-refractivity contribution in [2.45, 2.75) is 72.6 Å². The second-order valence-corrected chi connectivity index (χ2v) is 8.30. The van der Waals surface area contributed by atoms with Gasteiger partial charge in [0.25, 0.3) is 0 Å². The van der Waals surface area contributed by atoms with Gasteiger partial charge in [-0.1, -0.05) is 46.5 Å². The van der Waals surface area contributed by atoms with E-state index in [1.54, 1.807) is 19.1 Å². The minimum absolute atomic E-state index is 0.274. The molecule has 0 aliphatic rings. The Bertz CT molecular complexity index is 840. The lowest BCUT2D eigenvalue weighted by molar-refractivity contribution is -0.142. The van der Waals surface area contributed by atoms with Crippen LogP contribution < -0.4 is 4.74 Å². The number of nitriles is 1. The van der Waals surface area contributed by atoms with Crippen LogP contribution in [0.3, 0.4) is 0 Å². The summed E-state index contributed by atoms with van der Waals surface area (Å²) in [6, 6.07) is 9.23. The van der Waals surface area contributed by atoms with E-state index in [1.807, 2.05) is 38.4 Å². The lowest BCUT2D eigenvalue weighted by Gasteiger charge is -2.22. The maximum Gasteiger partial charge on any atom is 0.331 e. The number of ether oxygens (including phenoxy) is 1. The molecule has 0 N–H and O–H groups in total. The van der Waals surface area contributed by atoms with Gasteiger partial charge in [-0.05, 0) is 61.9 Å². The third kappa shape index (κ3) is 6.66. The Labute approximate surface area is 180 Å². The topological polar surface area (TPSA) is 75.9 Å². The first kappa shape index (κ1) is 23.5. The predicted molar refractivity (Wildman–Crippen MR) is 119 cm³/mol. The Morgan fingerprint density at radius 1 is 1.13 bits per heavy atom. The number of aromatic nitrogens is 2. The van der Waals surface area contributed by atoms with Gasteiger partial charge in [-0.15, -0.1) is 0 Å². The van der Waals surface area contributed by atoms with Crippen molar-refractivity contribution in [1.29, 1.82) is 5.26 Å². The number of nitrogens with zero attached hydrogens (tertiary/aromatic N) is 3. The van der Waals surface area contributed by atoms with E-state index < -0.39 is 11.4 Å². The van der Waals surface area contributed by atoms with Crippen LogP contribution in [-0.2, 0) is 11.2 Å². The van der Waals surface area contributed by atoms with Gasteiger partial charge < -0.3 is 4.74 Å². The second-order valence-electron chi connectivity index (χ2n) is 8.30. The zero-order valence-corrected chi connectivity index (χ0v) is 18.6. The van der Waals surface area contributed by atoms with E-state index in [-0.39, 0.29) is 5.92 Å². The molecule has 2 atom stereocenters. The van der Waals surface area contributed by atoms with Crippen LogP contribution in [0.15, 0.2) is 36.7 Å². The number of hydrogen-bond donors (Lipinski definition) is 0. The molecule has 0 aliphatic carbocycles. The molecule has 30 heavy (non-hydrogen) atoms. The van der Waals surface area contributed by atoms with Crippen LogP contribution in [0.2, 0.25) is 0 Å². The molecule has 1 aromatic carbocycles. The molecule has 1 aromatic heterocycles. The van der Waals surface area contributed by atoms with Gasteiger partial charge in [-0.3, -0.25) is 0 Å². The number of esters is 1. The Hall–Kier alpha value is -2.74. The van der Waals surface area contributed by atoms with Crippen LogP contribution in [0.5, 0.6) is 5.75 Å². The summed E-state index contributed by atoms with van der Waals surface area (Å²) in [6.07, 6.45) is 11.1. The van der Waals surface area contributed by atoms with Crippen molar-refractivity contribution in [3.05, 3.63) is 42.2 Å². The summed E-state index contributed by atoms with van der Waals surface area (Å²) in [7, 11) is 0. The Morgan fingerprint density at radius 3 is 2.37 bits per heavy atom. The molecule has 5 heteroatoms. The standard InChI is InChI=1S/C25H33N3O2/c1-5-7-8-9-10-20-16-27-23(28-17-20)21-11-13-22(14-12-21)30-24(29)25(4,18-26)15-19(3)6-2/h11-14,16-17,19H,5-10,15H2,1-4H3. The number of unbranched alkanes of at least 4 members (excludes halogenated alkanes) is 3. The zero-order chi connectivity index (χ0) is 22.0. The molecule has 0 spiro atoms. The molecular weight excluding hydrogens is 374 g/mol. The van der Waals surface area contributed by atoms with E-state index in [0.29, 0.717) is 18.0 Å². The van der Waals surface area contributed by atoms with Crippen LogP contribution in [0, 0.1) is 22.7 Å². The van der Waals surface area contributed by atoms with Crippen LogP contribution in [-0.4, -0.2) is 15.9 Å². The lowest BCUT2D eigenvalue weighted by atomic mass is 9.82. The fourth-order valence-electron chi connectivity index (χ4n) is 3.30. The lowest BCUT2D eigenvalue weighted by Crippen LogP contribution is -2.32. The van der Waals surface area contributed by atoms with Gasteiger partial charge in [0.15, 0.2) is 11.2 Å². The van der Waals surface area contributed by atoms with Crippen LogP contribution >= 0.6 is 0 Å². The van der Waals surface area contributed by atoms with Gasteiger partial charge in [-0.25, -0.2) is 14.8 Å². The minimum Gasteiger partial charge on any atom is -0.425 e. The van der Waals surface area contributed by atoms with E-state index in [4.69, 9.17) is 4.74 Å². The van der Waals surface area contributed by atoms with Gasteiger partial charge in [-0.2, -0.15) is 5.26 Å². The quantitative estimate of drug-likeness (QED) is 0.254. The van der Waals surface area contributed by atoms with Gasteiger partial charge in [0, 0.05) is 18.0 Å². The first-order valence-corrected chi connectivity index (χ1v) is 11.0. The number of hydrogen-bond acceptors (Lipinski definition) is 5. The first-order chi connectivity index (χ1) is 14.4. The molecule has 0 radical (unpaired) electrons. The number of benzene rings is 1. The highest BCUT2D eigenvalue weighted by atomic mass is 16.5. The molecule has 0 bridgehead atoms. The molecule has 5 nitrogen and oxygen atoms in total. The fourth-order valence-corrected chi connectivity index (χ4v) is 3.30. The van der Waals surface area contributed by atoms with Crippen molar-refractivity contribution in [3.8, 4) is 23.2 Å². The molecule has 1 heterocycles. The number of carbonyl (C=O) groups excluding carboxylic acids is 1. The molecule has 2 unspecified atom stereocenters. The van der Waals surface area contributed by atoms with Crippen molar-refractivity contribution in [3.63, 3.8) is 0 Å². The number of carbonyl (C=O) groups is 1. The largest absolute Gasteiger partial charge is 0.425 e. The summed E-state index contributed by atoms with van der Waals surface area (Å²) in [6.45, 7) is 7.94. The number of aryl methyl sites for hydroxylation is 1. The minimum atomic E-state index is -1.15. The Kier molecular flexibility index (Phi) is 8.98. The summed E-state index contributed by atoms with van der Waals surface area (Å²) in [5, 5.41) is 9.51. The average molecular weight is 408 g/mol. The van der Waals surface area contributed by atoms with Gasteiger partial charge >= 0.3 is 5.97 Å². The highest BCUT2D eigenvalue weighted by Gasteiger charge is 2.36. The molecule has 2 aromatic rings. The first-order valence-electron chi connectivity index (χ1n) is 11.0. The Morgan fingerprint density at radius 2 is 1.80 bits per heavy atom. The van der Waals surface area contributed by atoms with Crippen LogP contribution in [0.1, 0.15) is 71.8 Å². The summed E-state index contributed by atoms with van der Waals surface area (Å²) in [5.41, 5.74) is 0.858. The van der Waals surface area contributed by atoms with E-state index >= 15 is 0 Å². The molecule has 0 fully saturated rings. The second kappa shape index (κ2) is 11.4. The normalized spacial score (nSPS) is 13.8. The van der Waals surface area contributed by atoms with E-state index in [0.717, 1.165) is 30.4 Å². The third-order valence-corrected chi connectivity index (χ3v) is 5.50. The highest BCUT2D eigenvalue weighted by Crippen LogP contribution is 2.30. The monoisotopic (exact) mass is 407 g/mol.